The normalized spacial score (nSPS) is 12.2. The highest BCUT2D eigenvalue weighted by Crippen LogP contribution is 2.24. The molecule has 0 saturated heterocycles. The molecule has 0 spiro atoms. The van der Waals surface area contributed by atoms with Crippen molar-refractivity contribution in [3.8, 4) is 0 Å². The number of hydrogen-bond donors (Lipinski definition) is 2. The molecule has 1 aromatic carbocycles. The summed E-state index contributed by atoms with van der Waals surface area (Å²) in [5.74, 6) is 0. The van der Waals surface area contributed by atoms with Crippen molar-refractivity contribution in [3.05, 3.63) is 28.2 Å². The van der Waals surface area contributed by atoms with Crippen molar-refractivity contribution in [2.24, 2.45) is 5.73 Å². The number of thiocarbonyl (C=S) groups is 1. The van der Waals surface area contributed by atoms with E-state index in [1.54, 1.807) is 6.92 Å². The number of likely N-dealkylation sites (N-methyl/N-ethyl adjacent to an activating group) is 1. The lowest BCUT2D eigenvalue weighted by molar-refractivity contribution is 0.201. The Morgan fingerprint density at radius 2 is 2.25 bits per heavy atom. The van der Waals surface area contributed by atoms with Crippen molar-refractivity contribution in [1.29, 1.82) is 0 Å². The Kier molecular flexibility index (Phi) is 4.70. The van der Waals surface area contributed by atoms with Crippen LogP contribution in [0.4, 0.5) is 5.69 Å². The summed E-state index contributed by atoms with van der Waals surface area (Å²) in [5, 5.41) is 9.35. The van der Waals surface area contributed by atoms with Crippen molar-refractivity contribution in [3.63, 3.8) is 0 Å². The molecule has 1 aromatic rings. The minimum atomic E-state index is -0.396. The molecule has 0 aliphatic heterocycles. The molecular formula is C11H15BrN2OS. The molecule has 0 radical (unpaired) electrons. The predicted octanol–water partition coefficient (Wildman–Crippen LogP) is 1.90. The summed E-state index contributed by atoms with van der Waals surface area (Å²) >= 11 is 8.39. The topological polar surface area (TPSA) is 49.5 Å². The van der Waals surface area contributed by atoms with E-state index in [0.29, 0.717) is 11.5 Å². The predicted molar refractivity (Wildman–Crippen MR) is 75.0 cm³/mol. The van der Waals surface area contributed by atoms with Gasteiger partial charge in [0.05, 0.1) is 6.10 Å². The Morgan fingerprint density at radius 1 is 1.62 bits per heavy atom. The third kappa shape index (κ3) is 3.43. The van der Waals surface area contributed by atoms with Crippen LogP contribution < -0.4 is 10.6 Å². The highest BCUT2D eigenvalue weighted by molar-refractivity contribution is 9.10. The van der Waals surface area contributed by atoms with Crippen LogP contribution in [0.1, 0.15) is 12.5 Å². The number of anilines is 1. The SMILES string of the molecule is CC(O)CN(C)c1ccc(Br)cc1C(N)=S. The lowest BCUT2D eigenvalue weighted by Gasteiger charge is -2.23. The third-order valence-corrected chi connectivity index (χ3v) is 2.89. The highest BCUT2D eigenvalue weighted by Gasteiger charge is 2.11. The van der Waals surface area contributed by atoms with E-state index in [0.717, 1.165) is 15.7 Å². The summed E-state index contributed by atoms with van der Waals surface area (Å²) in [7, 11) is 1.90. The number of benzene rings is 1. The van der Waals surface area contributed by atoms with Crippen LogP contribution in [0.15, 0.2) is 22.7 Å². The minimum Gasteiger partial charge on any atom is -0.392 e. The van der Waals surface area contributed by atoms with Gasteiger partial charge in [-0.1, -0.05) is 28.1 Å². The fraction of sp³-hybridized carbons (Fsp3) is 0.364. The Morgan fingerprint density at radius 3 is 2.75 bits per heavy atom. The molecule has 0 aliphatic rings. The molecule has 16 heavy (non-hydrogen) atoms. The average molecular weight is 303 g/mol. The van der Waals surface area contributed by atoms with Gasteiger partial charge in [-0.2, -0.15) is 0 Å². The molecule has 1 rings (SSSR count). The molecule has 1 atom stereocenters. The summed E-state index contributed by atoms with van der Waals surface area (Å²) in [4.78, 5) is 2.29. The minimum absolute atomic E-state index is 0.355. The molecule has 0 saturated carbocycles. The summed E-state index contributed by atoms with van der Waals surface area (Å²) in [6, 6.07) is 5.74. The number of nitrogens with zero attached hydrogens (tertiary/aromatic N) is 1. The van der Waals surface area contributed by atoms with Crippen LogP contribution in [0, 0.1) is 0 Å². The van der Waals surface area contributed by atoms with Gasteiger partial charge < -0.3 is 15.7 Å². The first-order valence-corrected chi connectivity index (χ1v) is 6.10. The van der Waals surface area contributed by atoms with Crippen LogP contribution in [0.5, 0.6) is 0 Å². The van der Waals surface area contributed by atoms with E-state index < -0.39 is 6.10 Å². The molecule has 0 aromatic heterocycles. The van der Waals surface area contributed by atoms with E-state index in [2.05, 4.69) is 15.9 Å². The van der Waals surface area contributed by atoms with Crippen molar-refractivity contribution in [2.75, 3.05) is 18.5 Å². The van der Waals surface area contributed by atoms with E-state index in [-0.39, 0.29) is 0 Å². The van der Waals surface area contributed by atoms with Crippen LogP contribution in [0.3, 0.4) is 0 Å². The fourth-order valence-electron chi connectivity index (χ4n) is 1.53. The van der Waals surface area contributed by atoms with Gasteiger partial charge in [0.25, 0.3) is 0 Å². The Bertz CT molecular complexity index is 396. The van der Waals surface area contributed by atoms with Crippen molar-refractivity contribution in [1.82, 2.24) is 0 Å². The summed E-state index contributed by atoms with van der Waals surface area (Å²) in [5.41, 5.74) is 7.41. The quantitative estimate of drug-likeness (QED) is 0.834. The number of halogens is 1. The van der Waals surface area contributed by atoms with E-state index in [1.165, 1.54) is 0 Å². The van der Waals surface area contributed by atoms with Crippen LogP contribution in [-0.2, 0) is 0 Å². The lowest BCUT2D eigenvalue weighted by Crippen LogP contribution is -2.29. The standard InChI is InChI=1S/C11H15BrN2OS/c1-7(15)6-14(2)10-4-3-8(12)5-9(10)11(13)16/h3-5,7,15H,6H2,1-2H3,(H2,13,16). The van der Waals surface area contributed by atoms with E-state index >= 15 is 0 Å². The Hall–Kier alpha value is -0.650. The maximum absolute atomic E-state index is 9.35. The number of aliphatic hydroxyl groups is 1. The van der Waals surface area contributed by atoms with Gasteiger partial charge in [-0.3, -0.25) is 0 Å². The van der Waals surface area contributed by atoms with Gasteiger partial charge in [0, 0.05) is 29.3 Å². The number of hydrogen-bond acceptors (Lipinski definition) is 3. The van der Waals surface area contributed by atoms with Gasteiger partial charge in [-0.05, 0) is 25.1 Å². The maximum atomic E-state index is 9.35. The molecule has 0 bridgehead atoms. The fourth-order valence-corrected chi connectivity index (χ4v) is 2.06. The van der Waals surface area contributed by atoms with Gasteiger partial charge in [-0.25, -0.2) is 0 Å². The van der Waals surface area contributed by atoms with E-state index in [1.807, 2.05) is 30.1 Å². The van der Waals surface area contributed by atoms with E-state index in [9.17, 15) is 5.11 Å². The maximum Gasteiger partial charge on any atom is 0.106 e. The van der Waals surface area contributed by atoms with Crippen LogP contribution in [0.2, 0.25) is 0 Å². The largest absolute Gasteiger partial charge is 0.392 e. The summed E-state index contributed by atoms with van der Waals surface area (Å²) < 4.78 is 0.935. The van der Waals surface area contributed by atoms with Gasteiger partial charge in [0.1, 0.15) is 4.99 Å². The zero-order chi connectivity index (χ0) is 12.3. The average Bonchev–Trinajstić information content (AvgIpc) is 2.16. The molecular weight excluding hydrogens is 288 g/mol. The van der Waals surface area contributed by atoms with Gasteiger partial charge >= 0.3 is 0 Å². The first-order valence-electron chi connectivity index (χ1n) is 4.90. The monoisotopic (exact) mass is 302 g/mol. The van der Waals surface area contributed by atoms with Crippen molar-refractivity contribution < 1.29 is 5.11 Å². The molecule has 88 valence electrons. The second-order valence-electron chi connectivity index (χ2n) is 3.76. The third-order valence-electron chi connectivity index (χ3n) is 2.17. The zero-order valence-corrected chi connectivity index (χ0v) is 11.7. The second-order valence-corrected chi connectivity index (χ2v) is 5.11. The molecule has 0 amide bonds. The highest BCUT2D eigenvalue weighted by atomic mass is 79.9. The number of rotatable bonds is 4. The molecule has 3 nitrogen and oxygen atoms in total. The lowest BCUT2D eigenvalue weighted by atomic mass is 10.1. The molecule has 0 heterocycles. The molecule has 5 heteroatoms. The van der Waals surface area contributed by atoms with E-state index in [4.69, 9.17) is 18.0 Å². The second kappa shape index (κ2) is 5.61. The molecule has 0 aliphatic carbocycles. The molecule has 0 fully saturated rings. The molecule has 1 unspecified atom stereocenters. The van der Waals surface area contributed by atoms with Gasteiger partial charge in [0.2, 0.25) is 0 Å². The van der Waals surface area contributed by atoms with Gasteiger partial charge in [0.15, 0.2) is 0 Å². The van der Waals surface area contributed by atoms with Crippen LogP contribution >= 0.6 is 28.1 Å². The summed E-state index contributed by atoms with van der Waals surface area (Å²) in [6.45, 7) is 2.28. The van der Waals surface area contributed by atoms with Gasteiger partial charge in [-0.15, -0.1) is 0 Å². The number of aliphatic hydroxyl groups excluding tert-OH is 1. The van der Waals surface area contributed by atoms with Crippen LogP contribution in [-0.4, -0.2) is 29.8 Å². The Labute approximate surface area is 109 Å². The van der Waals surface area contributed by atoms with Crippen molar-refractivity contribution in [2.45, 2.75) is 13.0 Å². The smallest absolute Gasteiger partial charge is 0.106 e. The van der Waals surface area contributed by atoms with Crippen molar-refractivity contribution >= 4 is 38.8 Å². The Balaban J connectivity index is 3.07. The first kappa shape index (κ1) is 13.4. The van der Waals surface area contributed by atoms with Crippen LogP contribution in [0.25, 0.3) is 0 Å². The summed E-state index contributed by atoms with van der Waals surface area (Å²) in [6.07, 6.45) is -0.396. The zero-order valence-electron chi connectivity index (χ0n) is 9.27. The number of nitrogens with two attached hydrogens (primary N) is 1. The first-order chi connectivity index (χ1) is 7.41. The molecule has 3 N–H and O–H groups in total.